The van der Waals surface area contributed by atoms with Crippen LogP contribution >= 0.6 is 0 Å². The Balaban J connectivity index is 1.77. The first kappa shape index (κ1) is 11.4. The largest absolute Gasteiger partial charge is 0.391 e. The van der Waals surface area contributed by atoms with E-state index in [9.17, 15) is 5.11 Å². The van der Waals surface area contributed by atoms with Gasteiger partial charge in [-0.1, -0.05) is 20.8 Å². The summed E-state index contributed by atoms with van der Waals surface area (Å²) in [5.74, 6) is 1.60. The van der Waals surface area contributed by atoms with Crippen molar-refractivity contribution < 1.29 is 5.11 Å². The lowest BCUT2D eigenvalue weighted by molar-refractivity contribution is 0.0417. The molecule has 88 valence electrons. The van der Waals surface area contributed by atoms with Gasteiger partial charge in [0.25, 0.3) is 0 Å². The summed E-state index contributed by atoms with van der Waals surface area (Å²) in [7, 11) is 0. The quantitative estimate of drug-likeness (QED) is 0.773. The van der Waals surface area contributed by atoms with Crippen LogP contribution in [0.4, 0.5) is 0 Å². The van der Waals surface area contributed by atoms with Crippen LogP contribution in [0.1, 0.15) is 40.0 Å². The summed E-state index contributed by atoms with van der Waals surface area (Å²) in [6.07, 6.45) is 3.71. The van der Waals surface area contributed by atoms with Gasteiger partial charge < -0.3 is 10.0 Å². The zero-order chi connectivity index (χ0) is 11.1. The molecule has 2 aliphatic rings. The Bertz CT molecular complexity index is 223. The highest BCUT2D eigenvalue weighted by molar-refractivity contribution is 5.02. The number of β-amino-alcohol motifs (C(OH)–C–C–N with tert-alkyl or cyclic N) is 1. The molecule has 1 aliphatic heterocycles. The van der Waals surface area contributed by atoms with Crippen molar-refractivity contribution in [2.45, 2.75) is 46.1 Å². The molecule has 15 heavy (non-hydrogen) atoms. The molecule has 3 unspecified atom stereocenters. The van der Waals surface area contributed by atoms with Crippen molar-refractivity contribution in [2.75, 3.05) is 19.6 Å². The third-order valence-electron chi connectivity index (χ3n) is 4.78. The molecule has 3 atom stereocenters. The van der Waals surface area contributed by atoms with Crippen LogP contribution in [0.5, 0.6) is 0 Å². The maximum Gasteiger partial charge on any atom is 0.0723 e. The average molecular weight is 211 g/mol. The van der Waals surface area contributed by atoms with E-state index in [-0.39, 0.29) is 11.5 Å². The average Bonchev–Trinajstić information content (AvgIpc) is 2.80. The molecular weight excluding hydrogens is 186 g/mol. The molecule has 1 aliphatic carbocycles. The second-order valence-electron chi connectivity index (χ2n) is 6.11. The van der Waals surface area contributed by atoms with E-state index in [2.05, 4.69) is 25.7 Å². The van der Waals surface area contributed by atoms with E-state index < -0.39 is 0 Å². The Morgan fingerprint density at radius 3 is 2.33 bits per heavy atom. The van der Waals surface area contributed by atoms with Gasteiger partial charge in [0.05, 0.1) is 6.10 Å². The molecule has 1 heterocycles. The van der Waals surface area contributed by atoms with Crippen LogP contribution in [0, 0.1) is 17.3 Å². The van der Waals surface area contributed by atoms with Gasteiger partial charge in [-0.3, -0.25) is 0 Å². The fourth-order valence-electron chi connectivity index (χ4n) is 2.76. The Hall–Kier alpha value is -0.0800. The molecule has 1 saturated heterocycles. The predicted molar refractivity (Wildman–Crippen MR) is 62.7 cm³/mol. The lowest BCUT2D eigenvalue weighted by Crippen LogP contribution is -2.41. The van der Waals surface area contributed by atoms with Crippen LogP contribution in [0.2, 0.25) is 0 Å². The third kappa shape index (κ3) is 2.36. The van der Waals surface area contributed by atoms with Gasteiger partial charge in [-0.15, -0.1) is 0 Å². The monoisotopic (exact) mass is 211 g/mol. The van der Waals surface area contributed by atoms with Gasteiger partial charge in [0.15, 0.2) is 0 Å². The normalized spacial score (nSPS) is 40.4. The van der Waals surface area contributed by atoms with Crippen LogP contribution in [0.3, 0.4) is 0 Å². The molecule has 2 rings (SSSR count). The molecular formula is C13H25NO. The van der Waals surface area contributed by atoms with Crippen LogP contribution in [-0.4, -0.2) is 35.7 Å². The number of aliphatic hydroxyl groups is 1. The van der Waals surface area contributed by atoms with Crippen molar-refractivity contribution in [1.29, 1.82) is 0 Å². The van der Waals surface area contributed by atoms with E-state index in [1.165, 1.54) is 32.4 Å². The highest BCUT2D eigenvalue weighted by atomic mass is 16.3. The van der Waals surface area contributed by atoms with Crippen molar-refractivity contribution in [3.8, 4) is 0 Å². The maximum atomic E-state index is 10.2. The smallest absolute Gasteiger partial charge is 0.0723 e. The Labute approximate surface area is 93.7 Å². The molecule has 1 saturated carbocycles. The van der Waals surface area contributed by atoms with Crippen molar-refractivity contribution in [3.05, 3.63) is 0 Å². The minimum Gasteiger partial charge on any atom is -0.391 e. The zero-order valence-corrected chi connectivity index (χ0v) is 10.4. The Kier molecular flexibility index (Phi) is 3.09. The summed E-state index contributed by atoms with van der Waals surface area (Å²) >= 11 is 0. The number of hydrogen-bond acceptors (Lipinski definition) is 2. The first-order chi connectivity index (χ1) is 7.02. The van der Waals surface area contributed by atoms with Gasteiger partial charge in [0, 0.05) is 6.54 Å². The molecule has 0 bridgehead atoms. The maximum absolute atomic E-state index is 10.2. The number of hydrogen-bond donors (Lipinski definition) is 1. The number of rotatable bonds is 3. The molecule has 0 aromatic heterocycles. The standard InChI is InChI=1S/C13H25NO/c1-10-4-6-14(7-5-10)9-12(15)13(3)8-11(13)2/h10-12,15H,4-9H2,1-3H3. The third-order valence-corrected chi connectivity index (χ3v) is 4.78. The van der Waals surface area contributed by atoms with Crippen LogP contribution in [-0.2, 0) is 0 Å². The van der Waals surface area contributed by atoms with Crippen LogP contribution in [0.25, 0.3) is 0 Å². The first-order valence-corrected chi connectivity index (χ1v) is 6.43. The summed E-state index contributed by atoms with van der Waals surface area (Å²) in [5, 5.41) is 10.2. The summed E-state index contributed by atoms with van der Waals surface area (Å²) in [5.41, 5.74) is 0.225. The van der Waals surface area contributed by atoms with E-state index in [4.69, 9.17) is 0 Å². The summed E-state index contributed by atoms with van der Waals surface area (Å²) in [4.78, 5) is 2.45. The van der Waals surface area contributed by atoms with E-state index in [1.54, 1.807) is 0 Å². The van der Waals surface area contributed by atoms with Gasteiger partial charge >= 0.3 is 0 Å². The molecule has 0 spiro atoms. The summed E-state index contributed by atoms with van der Waals surface area (Å²) in [6.45, 7) is 10.1. The van der Waals surface area contributed by atoms with Gasteiger partial charge in [0.2, 0.25) is 0 Å². The number of piperidine rings is 1. The molecule has 2 nitrogen and oxygen atoms in total. The van der Waals surface area contributed by atoms with Gasteiger partial charge in [-0.2, -0.15) is 0 Å². The van der Waals surface area contributed by atoms with Crippen molar-refractivity contribution >= 4 is 0 Å². The van der Waals surface area contributed by atoms with Gasteiger partial charge in [0.1, 0.15) is 0 Å². The molecule has 1 N–H and O–H groups in total. The first-order valence-electron chi connectivity index (χ1n) is 6.43. The number of likely N-dealkylation sites (tertiary alicyclic amines) is 1. The molecule has 2 heteroatoms. The minimum absolute atomic E-state index is 0.110. The van der Waals surface area contributed by atoms with E-state index in [1.807, 2.05) is 0 Å². The highest BCUT2D eigenvalue weighted by Crippen LogP contribution is 2.54. The predicted octanol–water partition coefficient (Wildman–Crippen LogP) is 2.13. The fraction of sp³-hybridized carbons (Fsp3) is 1.00. The number of aliphatic hydroxyl groups excluding tert-OH is 1. The topological polar surface area (TPSA) is 23.5 Å². The van der Waals surface area contributed by atoms with Gasteiger partial charge in [-0.25, -0.2) is 0 Å². The van der Waals surface area contributed by atoms with Crippen LogP contribution < -0.4 is 0 Å². The zero-order valence-electron chi connectivity index (χ0n) is 10.4. The SMILES string of the molecule is CC1CCN(CC(O)C2(C)CC2C)CC1. The highest BCUT2D eigenvalue weighted by Gasteiger charge is 2.52. The summed E-state index contributed by atoms with van der Waals surface area (Å²) in [6, 6.07) is 0. The van der Waals surface area contributed by atoms with Crippen molar-refractivity contribution in [3.63, 3.8) is 0 Å². The van der Waals surface area contributed by atoms with Gasteiger partial charge in [-0.05, 0) is 49.6 Å². The van der Waals surface area contributed by atoms with Crippen molar-refractivity contribution in [2.24, 2.45) is 17.3 Å². The molecule has 0 radical (unpaired) electrons. The Morgan fingerprint density at radius 1 is 1.33 bits per heavy atom. The summed E-state index contributed by atoms with van der Waals surface area (Å²) < 4.78 is 0. The second kappa shape index (κ2) is 4.06. The Morgan fingerprint density at radius 2 is 1.87 bits per heavy atom. The molecule has 0 aromatic rings. The lowest BCUT2D eigenvalue weighted by Gasteiger charge is -2.33. The van der Waals surface area contributed by atoms with E-state index in [0.717, 1.165) is 18.4 Å². The fourth-order valence-corrected chi connectivity index (χ4v) is 2.76. The minimum atomic E-state index is -0.110. The van der Waals surface area contributed by atoms with Crippen LogP contribution in [0.15, 0.2) is 0 Å². The lowest BCUT2D eigenvalue weighted by atomic mass is 9.95. The molecule has 0 amide bonds. The molecule has 2 fully saturated rings. The van der Waals surface area contributed by atoms with Crippen molar-refractivity contribution in [1.82, 2.24) is 4.90 Å². The van der Waals surface area contributed by atoms with E-state index in [0.29, 0.717) is 0 Å². The second-order valence-corrected chi connectivity index (χ2v) is 6.11. The number of nitrogens with zero attached hydrogens (tertiary/aromatic N) is 1. The van der Waals surface area contributed by atoms with E-state index >= 15 is 0 Å². The molecule has 0 aromatic carbocycles.